The van der Waals surface area contributed by atoms with Gasteiger partial charge >= 0.3 is 6.03 Å². The molecule has 1 N–H and O–H groups in total. The lowest BCUT2D eigenvalue weighted by Gasteiger charge is -2.34. The van der Waals surface area contributed by atoms with E-state index in [-0.39, 0.29) is 17.9 Å². The van der Waals surface area contributed by atoms with Gasteiger partial charge in [-0.2, -0.15) is 0 Å². The number of thiazole rings is 1. The third-order valence-electron chi connectivity index (χ3n) is 4.81. The number of para-hydroxylation sites is 1. The molecule has 0 spiro atoms. The lowest BCUT2D eigenvalue weighted by atomic mass is 9.97. The van der Waals surface area contributed by atoms with E-state index in [9.17, 15) is 9.59 Å². The maximum absolute atomic E-state index is 12.9. The number of carbonyl (C=O) groups excluding carboxylic acids is 2. The number of likely N-dealkylation sites (tertiary alicyclic amines) is 1. The molecule has 1 atom stereocenters. The number of carbonyl (C=O) groups is 2. The lowest BCUT2D eigenvalue weighted by molar-refractivity contribution is -0.136. The fourth-order valence-electron chi connectivity index (χ4n) is 3.35. The van der Waals surface area contributed by atoms with Gasteiger partial charge in [0.1, 0.15) is 5.01 Å². The summed E-state index contributed by atoms with van der Waals surface area (Å²) in [7, 11) is 1.83. The number of benzene rings is 1. The van der Waals surface area contributed by atoms with Gasteiger partial charge in [0, 0.05) is 26.7 Å². The minimum atomic E-state index is -0.136. The van der Waals surface area contributed by atoms with Gasteiger partial charge in [-0.3, -0.25) is 4.79 Å². The van der Waals surface area contributed by atoms with Gasteiger partial charge in [-0.1, -0.05) is 26.0 Å². The molecule has 2 heterocycles. The number of nitrogens with one attached hydrogen (secondary N) is 1. The number of aromatic nitrogens is 1. The van der Waals surface area contributed by atoms with E-state index in [1.807, 2.05) is 31.3 Å². The van der Waals surface area contributed by atoms with Crippen LogP contribution in [0.2, 0.25) is 0 Å². The van der Waals surface area contributed by atoms with Crippen molar-refractivity contribution in [2.45, 2.75) is 33.2 Å². The second-order valence-corrected chi connectivity index (χ2v) is 8.75. The van der Waals surface area contributed by atoms with E-state index >= 15 is 0 Å². The third kappa shape index (κ3) is 4.97. The Morgan fingerprint density at radius 1 is 1.37 bits per heavy atom. The molecule has 1 aliphatic heterocycles. The Balaban J connectivity index is 1.57. The molecule has 7 heteroatoms. The molecular weight excluding hydrogens is 360 g/mol. The maximum atomic E-state index is 12.9. The molecule has 27 heavy (non-hydrogen) atoms. The Morgan fingerprint density at radius 2 is 2.15 bits per heavy atom. The summed E-state index contributed by atoms with van der Waals surface area (Å²) in [5.74, 6) is 0.370. The average molecular weight is 389 g/mol. The van der Waals surface area contributed by atoms with Crippen molar-refractivity contribution in [2.24, 2.45) is 11.8 Å². The van der Waals surface area contributed by atoms with Crippen molar-refractivity contribution >= 4 is 33.5 Å². The fourth-order valence-corrected chi connectivity index (χ4v) is 4.37. The van der Waals surface area contributed by atoms with E-state index in [0.717, 1.165) is 34.6 Å². The highest BCUT2D eigenvalue weighted by molar-refractivity contribution is 7.18. The summed E-state index contributed by atoms with van der Waals surface area (Å²) in [6, 6.07) is 7.95. The van der Waals surface area contributed by atoms with Crippen LogP contribution in [0.25, 0.3) is 10.2 Å². The maximum Gasteiger partial charge on any atom is 0.317 e. The van der Waals surface area contributed by atoms with Gasteiger partial charge in [-0.15, -0.1) is 11.3 Å². The standard InChI is InChI=1S/C20H28N4O2S/c1-14(2)11-21-20(26)24-10-6-7-15(12-24)19(25)23(3)13-18-22-16-8-4-5-9-17(16)27-18/h4-5,8-9,14-15H,6-7,10-13H2,1-3H3,(H,21,26). The number of nitrogens with zero attached hydrogens (tertiary/aromatic N) is 3. The summed E-state index contributed by atoms with van der Waals surface area (Å²) in [5.41, 5.74) is 0.976. The second kappa shape index (κ2) is 8.69. The van der Waals surface area contributed by atoms with Crippen molar-refractivity contribution in [1.29, 1.82) is 0 Å². The summed E-state index contributed by atoms with van der Waals surface area (Å²) < 4.78 is 1.14. The van der Waals surface area contributed by atoms with E-state index in [0.29, 0.717) is 25.6 Å². The Kier molecular flexibility index (Phi) is 6.31. The Bertz CT molecular complexity index is 771. The van der Waals surface area contributed by atoms with Crippen molar-refractivity contribution in [1.82, 2.24) is 20.1 Å². The molecule has 1 aromatic heterocycles. The zero-order chi connectivity index (χ0) is 19.4. The molecule has 146 valence electrons. The zero-order valence-electron chi connectivity index (χ0n) is 16.3. The monoisotopic (exact) mass is 388 g/mol. The SMILES string of the molecule is CC(C)CNC(=O)N1CCCC(C(=O)N(C)Cc2nc3ccccc3s2)C1. The molecule has 1 aliphatic rings. The van der Waals surface area contributed by atoms with E-state index in [1.165, 1.54) is 0 Å². The first-order chi connectivity index (χ1) is 12.9. The van der Waals surface area contributed by atoms with Crippen LogP contribution in [0.1, 0.15) is 31.7 Å². The van der Waals surface area contributed by atoms with E-state index < -0.39 is 0 Å². The predicted molar refractivity (Wildman–Crippen MR) is 109 cm³/mol. The number of piperidine rings is 1. The summed E-state index contributed by atoms with van der Waals surface area (Å²) in [6.07, 6.45) is 1.69. The van der Waals surface area contributed by atoms with Crippen LogP contribution in [0.3, 0.4) is 0 Å². The van der Waals surface area contributed by atoms with Gasteiger partial charge in [-0.05, 0) is 30.9 Å². The molecule has 0 saturated carbocycles. The zero-order valence-corrected chi connectivity index (χ0v) is 17.1. The highest BCUT2D eigenvalue weighted by atomic mass is 32.1. The van der Waals surface area contributed by atoms with Gasteiger partial charge in [0.15, 0.2) is 0 Å². The van der Waals surface area contributed by atoms with E-state index in [2.05, 4.69) is 24.1 Å². The first-order valence-corrected chi connectivity index (χ1v) is 10.4. The molecule has 2 aromatic rings. The Labute approximate surface area is 164 Å². The molecule has 0 bridgehead atoms. The molecule has 0 radical (unpaired) electrons. The first-order valence-electron chi connectivity index (χ1n) is 9.56. The van der Waals surface area contributed by atoms with E-state index in [1.54, 1.807) is 21.1 Å². The topological polar surface area (TPSA) is 65.5 Å². The molecule has 1 unspecified atom stereocenters. The third-order valence-corrected chi connectivity index (χ3v) is 5.83. The summed E-state index contributed by atoms with van der Waals surface area (Å²) in [6.45, 7) is 6.52. The molecule has 1 aromatic carbocycles. The second-order valence-electron chi connectivity index (χ2n) is 7.63. The van der Waals surface area contributed by atoms with Crippen LogP contribution in [-0.2, 0) is 11.3 Å². The van der Waals surface area contributed by atoms with Crippen molar-refractivity contribution in [3.63, 3.8) is 0 Å². The molecule has 1 fully saturated rings. The average Bonchev–Trinajstić information content (AvgIpc) is 3.07. The van der Waals surface area contributed by atoms with Gasteiger partial charge in [0.25, 0.3) is 0 Å². The highest BCUT2D eigenvalue weighted by Crippen LogP contribution is 2.24. The number of fused-ring (bicyclic) bond motifs is 1. The first kappa shape index (κ1) is 19.6. The van der Waals surface area contributed by atoms with Crippen LogP contribution in [0.4, 0.5) is 4.79 Å². The highest BCUT2D eigenvalue weighted by Gasteiger charge is 2.30. The van der Waals surface area contributed by atoms with Crippen molar-refractivity contribution in [2.75, 3.05) is 26.7 Å². The van der Waals surface area contributed by atoms with Crippen LogP contribution in [0, 0.1) is 11.8 Å². The van der Waals surface area contributed by atoms with Crippen molar-refractivity contribution in [3.05, 3.63) is 29.3 Å². The number of amides is 3. The van der Waals surface area contributed by atoms with Crippen LogP contribution in [0.5, 0.6) is 0 Å². The minimum absolute atomic E-state index is 0.0602. The molecule has 1 saturated heterocycles. The fraction of sp³-hybridized carbons (Fsp3) is 0.550. The number of urea groups is 1. The lowest BCUT2D eigenvalue weighted by Crippen LogP contribution is -2.49. The smallest absolute Gasteiger partial charge is 0.317 e. The van der Waals surface area contributed by atoms with Gasteiger partial charge in [-0.25, -0.2) is 9.78 Å². The van der Waals surface area contributed by atoms with E-state index in [4.69, 9.17) is 0 Å². The number of hydrogen-bond acceptors (Lipinski definition) is 4. The Hall–Kier alpha value is -2.15. The largest absolute Gasteiger partial charge is 0.339 e. The molecule has 6 nitrogen and oxygen atoms in total. The minimum Gasteiger partial charge on any atom is -0.339 e. The van der Waals surface area contributed by atoms with Crippen molar-refractivity contribution in [3.8, 4) is 0 Å². The molecule has 3 amide bonds. The van der Waals surface area contributed by atoms with Crippen LogP contribution >= 0.6 is 11.3 Å². The predicted octanol–water partition coefficient (Wildman–Crippen LogP) is 3.33. The summed E-state index contributed by atoms with van der Waals surface area (Å²) in [4.78, 5) is 33.3. The van der Waals surface area contributed by atoms with Crippen LogP contribution in [0.15, 0.2) is 24.3 Å². The van der Waals surface area contributed by atoms with Crippen LogP contribution in [-0.4, -0.2) is 53.4 Å². The van der Waals surface area contributed by atoms with Gasteiger partial charge < -0.3 is 15.1 Å². The van der Waals surface area contributed by atoms with Gasteiger partial charge in [0.05, 0.1) is 22.7 Å². The quantitative estimate of drug-likeness (QED) is 0.854. The number of hydrogen-bond donors (Lipinski definition) is 1. The molecule has 3 rings (SSSR count). The van der Waals surface area contributed by atoms with Crippen molar-refractivity contribution < 1.29 is 9.59 Å². The summed E-state index contributed by atoms with van der Waals surface area (Å²) in [5, 5.41) is 3.89. The molecule has 0 aliphatic carbocycles. The normalized spacial score (nSPS) is 17.3. The Morgan fingerprint density at radius 3 is 2.89 bits per heavy atom. The van der Waals surface area contributed by atoms with Gasteiger partial charge in [0.2, 0.25) is 5.91 Å². The number of rotatable bonds is 5. The molecular formula is C20H28N4O2S. The van der Waals surface area contributed by atoms with Crippen LogP contribution < -0.4 is 5.32 Å². The summed E-state index contributed by atoms with van der Waals surface area (Å²) >= 11 is 1.62.